The number of nitrogens with one attached hydrogen (secondary N) is 1. The fraction of sp³-hybridized carbons (Fsp3) is 0.381. The summed E-state index contributed by atoms with van der Waals surface area (Å²) in [6.45, 7) is 0.171. The van der Waals surface area contributed by atoms with Gasteiger partial charge in [0.15, 0.2) is 0 Å². The van der Waals surface area contributed by atoms with Crippen LogP contribution in [0.25, 0.3) is 10.8 Å². The van der Waals surface area contributed by atoms with Gasteiger partial charge in [0, 0.05) is 18.7 Å². The van der Waals surface area contributed by atoms with E-state index in [1.54, 1.807) is 0 Å². The minimum Gasteiger partial charge on any atom is -0.326 e. The van der Waals surface area contributed by atoms with Crippen LogP contribution >= 0.6 is 0 Å². The van der Waals surface area contributed by atoms with Crippen molar-refractivity contribution in [3.8, 4) is 0 Å². The maximum Gasteiger partial charge on any atom is 0.233 e. The quantitative estimate of drug-likeness (QED) is 0.860. The fourth-order valence-corrected chi connectivity index (χ4v) is 4.16. The summed E-state index contributed by atoms with van der Waals surface area (Å²) in [5, 5.41) is 5.03. The van der Waals surface area contributed by atoms with Gasteiger partial charge in [-0.05, 0) is 35.7 Å². The molecule has 5 nitrogen and oxygen atoms in total. The molecule has 1 saturated heterocycles. The molecule has 2 atom stereocenters. The second-order valence-electron chi connectivity index (χ2n) is 7.19. The van der Waals surface area contributed by atoms with Gasteiger partial charge in [0.05, 0.1) is 11.8 Å². The molecule has 1 saturated carbocycles. The van der Waals surface area contributed by atoms with Crippen LogP contribution in [0.15, 0.2) is 42.5 Å². The zero-order chi connectivity index (χ0) is 18.1. The largest absolute Gasteiger partial charge is 0.326 e. The van der Waals surface area contributed by atoms with Crippen molar-refractivity contribution in [3.05, 3.63) is 42.5 Å². The first-order valence-corrected chi connectivity index (χ1v) is 9.27. The van der Waals surface area contributed by atoms with Crippen molar-refractivity contribution in [1.29, 1.82) is 0 Å². The lowest BCUT2D eigenvalue weighted by Gasteiger charge is -2.19. The summed E-state index contributed by atoms with van der Waals surface area (Å²) in [5.74, 6) is -0.660. The number of amides is 3. The van der Waals surface area contributed by atoms with Crippen LogP contribution in [-0.4, -0.2) is 29.2 Å². The van der Waals surface area contributed by atoms with Gasteiger partial charge in [0.25, 0.3) is 0 Å². The van der Waals surface area contributed by atoms with E-state index in [1.807, 2.05) is 42.5 Å². The Morgan fingerprint density at radius 1 is 0.962 bits per heavy atom. The molecule has 0 bridgehead atoms. The van der Waals surface area contributed by atoms with Gasteiger partial charge >= 0.3 is 0 Å². The number of imide groups is 1. The van der Waals surface area contributed by atoms with Crippen molar-refractivity contribution in [2.45, 2.75) is 32.1 Å². The highest BCUT2D eigenvalue weighted by Gasteiger charge is 2.47. The predicted molar refractivity (Wildman–Crippen MR) is 99.4 cm³/mol. The first-order chi connectivity index (χ1) is 12.6. The zero-order valence-electron chi connectivity index (χ0n) is 14.6. The van der Waals surface area contributed by atoms with E-state index in [0.717, 1.165) is 42.1 Å². The summed E-state index contributed by atoms with van der Waals surface area (Å²) in [4.78, 5) is 38.5. The fourth-order valence-electron chi connectivity index (χ4n) is 4.16. The number of carbonyl (C=O) groups excluding carboxylic acids is 3. The van der Waals surface area contributed by atoms with Crippen LogP contribution in [0, 0.1) is 11.8 Å². The molecule has 2 fully saturated rings. The zero-order valence-corrected chi connectivity index (χ0v) is 14.6. The Morgan fingerprint density at radius 3 is 2.31 bits per heavy atom. The van der Waals surface area contributed by atoms with Crippen LogP contribution in [0.1, 0.15) is 32.1 Å². The van der Waals surface area contributed by atoms with Crippen molar-refractivity contribution in [2.75, 3.05) is 11.9 Å². The third kappa shape index (κ3) is 3.09. The Balaban J connectivity index is 1.37. The molecular weight excluding hydrogens is 328 g/mol. The van der Waals surface area contributed by atoms with Gasteiger partial charge in [-0.15, -0.1) is 0 Å². The highest BCUT2D eigenvalue weighted by molar-refractivity contribution is 6.05. The van der Waals surface area contributed by atoms with E-state index in [-0.39, 0.29) is 42.5 Å². The maximum absolute atomic E-state index is 12.4. The van der Waals surface area contributed by atoms with E-state index in [0.29, 0.717) is 0 Å². The highest BCUT2D eigenvalue weighted by atomic mass is 16.2. The summed E-state index contributed by atoms with van der Waals surface area (Å²) in [5.41, 5.74) is 0.724. The predicted octanol–water partition coefficient (Wildman–Crippen LogP) is 3.34. The third-order valence-corrected chi connectivity index (χ3v) is 5.53. The monoisotopic (exact) mass is 350 g/mol. The molecule has 134 valence electrons. The van der Waals surface area contributed by atoms with Crippen LogP contribution in [-0.2, 0) is 14.4 Å². The molecule has 2 aliphatic rings. The molecule has 4 rings (SSSR count). The van der Waals surface area contributed by atoms with Gasteiger partial charge in [0.1, 0.15) is 0 Å². The highest BCUT2D eigenvalue weighted by Crippen LogP contribution is 2.38. The van der Waals surface area contributed by atoms with Crippen LogP contribution in [0.3, 0.4) is 0 Å². The van der Waals surface area contributed by atoms with E-state index < -0.39 is 0 Å². The van der Waals surface area contributed by atoms with Gasteiger partial charge in [0.2, 0.25) is 17.7 Å². The number of fused-ring (bicyclic) bond motifs is 2. The second kappa shape index (κ2) is 6.90. The minimum absolute atomic E-state index is 0.0850. The first kappa shape index (κ1) is 16.8. The Morgan fingerprint density at radius 2 is 1.62 bits per heavy atom. The lowest BCUT2D eigenvalue weighted by Crippen LogP contribution is -2.34. The van der Waals surface area contributed by atoms with Gasteiger partial charge in [-0.25, -0.2) is 0 Å². The standard InChI is InChI=1S/C21H22N2O3/c24-19(22-16-10-9-14-5-1-2-6-15(14)13-16)11-12-23-20(25)17-7-3-4-8-18(17)21(23)26/h1-2,5-6,9-10,13,17-18H,3-4,7-8,11-12H2,(H,22,24)/t17-,18-/m0/s1. The Labute approximate surface area is 152 Å². The number of benzene rings is 2. The Kier molecular flexibility index (Phi) is 4.45. The van der Waals surface area contributed by atoms with E-state index in [2.05, 4.69) is 5.32 Å². The van der Waals surface area contributed by atoms with Gasteiger partial charge in [-0.3, -0.25) is 19.3 Å². The van der Waals surface area contributed by atoms with E-state index >= 15 is 0 Å². The van der Waals surface area contributed by atoms with Crippen molar-refractivity contribution < 1.29 is 14.4 Å². The smallest absolute Gasteiger partial charge is 0.233 e. The number of anilines is 1. The molecule has 0 unspecified atom stereocenters. The topological polar surface area (TPSA) is 66.5 Å². The van der Waals surface area contributed by atoms with Crippen LogP contribution in [0.5, 0.6) is 0 Å². The molecular formula is C21H22N2O3. The van der Waals surface area contributed by atoms with E-state index in [4.69, 9.17) is 0 Å². The number of likely N-dealkylation sites (tertiary alicyclic amines) is 1. The van der Waals surface area contributed by atoms with Crippen LogP contribution < -0.4 is 5.32 Å². The van der Waals surface area contributed by atoms with Gasteiger partial charge in [-0.2, -0.15) is 0 Å². The van der Waals surface area contributed by atoms with Crippen LogP contribution in [0.4, 0.5) is 5.69 Å². The summed E-state index contributed by atoms with van der Waals surface area (Å²) < 4.78 is 0. The first-order valence-electron chi connectivity index (χ1n) is 9.27. The molecule has 3 amide bonds. The Hall–Kier alpha value is -2.69. The van der Waals surface area contributed by atoms with Crippen molar-refractivity contribution >= 4 is 34.2 Å². The number of nitrogens with zero attached hydrogens (tertiary/aromatic N) is 1. The summed E-state index contributed by atoms with van der Waals surface area (Å²) in [7, 11) is 0. The second-order valence-corrected chi connectivity index (χ2v) is 7.19. The lowest BCUT2D eigenvalue weighted by atomic mass is 9.81. The number of carbonyl (C=O) groups is 3. The lowest BCUT2D eigenvalue weighted by molar-refractivity contribution is -0.140. The molecule has 1 heterocycles. The molecule has 0 radical (unpaired) electrons. The van der Waals surface area contributed by atoms with Crippen molar-refractivity contribution in [2.24, 2.45) is 11.8 Å². The van der Waals surface area contributed by atoms with Gasteiger partial charge < -0.3 is 5.32 Å². The molecule has 26 heavy (non-hydrogen) atoms. The summed E-state index contributed by atoms with van der Waals surface area (Å²) >= 11 is 0. The Bertz CT molecular complexity index is 852. The molecule has 1 aliphatic heterocycles. The molecule has 0 spiro atoms. The number of hydrogen-bond acceptors (Lipinski definition) is 3. The van der Waals surface area contributed by atoms with E-state index in [1.165, 1.54) is 4.90 Å². The van der Waals surface area contributed by atoms with Crippen molar-refractivity contribution in [1.82, 2.24) is 4.90 Å². The molecule has 5 heteroatoms. The van der Waals surface area contributed by atoms with Crippen molar-refractivity contribution in [3.63, 3.8) is 0 Å². The van der Waals surface area contributed by atoms with Crippen LogP contribution in [0.2, 0.25) is 0 Å². The number of hydrogen-bond donors (Lipinski definition) is 1. The molecule has 2 aromatic rings. The normalized spacial score (nSPS) is 22.5. The average molecular weight is 350 g/mol. The molecule has 1 aliphatic carbocycles. The SMILES string of the molecule is O=C(CCN1C(=O)[C@H]2CCCC[C@@H]2C1=O)Nc1ccc2ccccc2c1. The molecule has 1 N–H and O–H groups in total. The summed E-state index contributed by atoms with van der Waals surface area (Å²) in [6.07, 6.45) is 3.75. The maximum atomic E-state index is 12.4. The molecule has 2 aromatic carbocycles. The third-order valence-electron chi connectivity index (χ3n) is 5.53. The average Bonchev–Trinajstić information content (AvgIpc) is 2.91. The van der Waals surface area contributed by atoms with E-state index in [9.17, 15) is 14.4 Å². The minimum atomic E-state index is -0.184. The summed E-state index contributed by atoms with van der Waals surface area (Å²) in [6, 6.07) is 13.7. The number of rotatable bonds is 4. The van der Waals surface area contributed by atoms with Gasteiger partial charge in [-0.1, -0.05) is 43.2 Å². The molecule has 0 aromatic heterocycles.